The molecule has 2 nitrogen and oxygen atoms in total. The van der Waals surface area contributed by atoms with Crippen LogP contribution in [0.15, 0.2) is 48.6 Å². The quantitative estimate of drug-likeness (QED) is 0.260. The van der Waals surface area contributed by atoms with Crippen molar-refractivity contribution >= 4 is 5.91 Å². The summed E-state index contributed by atoms with van der Waals surface area (Å²) in [5.74, 6) is -0.516. The van der Waals surface area contributed by atoms with Gasteiger partial charge in [-0.05, 0) is 51.4 Å². The van der Waals surface area contributed by atoms with E-state index in [-0.39, 0.29) is 0 Å². The number of amides is 1. The lowest BCUT2D eigenvalue weighted by atomic mass is 10.2. The first kappa shape index (κ1) is 23.4. The summed E-state index contributed by atoms with van der Waals surface area (Å²) in [7, 11) is 0. The number of allylic oxidation sites excluding steroid dienone is 8. The van der Waals surface area contributed by atoms with Crippen LogP contribution in [-0.4, -0.2) is 19.1 Å². The van der Waals surface area contributed by atoms with Crippen molar-refractivity contribution in [1.82, 2.24) is 5.32 Å². The second kappa shape index (κ2) is 20.4. The maximum absolute atomic E-state index is 11.9. The Balaban J connectivity index is 3.39. The smallest absolute Gasteiger partial charge is 0.251 e. The highest BCUT2D eigenvalue weighted by Gasteiger charge is 1.96. The molecule has 0 rings (SSSR count). The topological polar surface area (TPSA) is 29.1 Å². The monoisotopic (exact) mass is 349 g/mol. The highest BCUT2D eigenvalue weighted by Crippen LogP contribution is 2.01. The van der Waals surface area contributed by atoms with Crippen LogP contribution in [0.2, 0.25) is 0 Å². The van der Waals surface area contributed by atoms with Crippen LogP contribution in [0.4, 0.5) is 4.39 Å². The van der Waals surface area contributed by atoms with Gasteiger partial charge in [-0.1, -0.05) is 68.4 Å². The van der Waals surface area contributed by atoms with Crippen LogP contribution in [0, 0.1) is 0 Å². The summed E-state index contributed by atoms with van der Waals surface area (Å²) in [6.07, 6.45) is 28.7. The van der Waals surface area contributed by atoms with E-state index in [1.165, 1.54) is 25.7 Å². The number of unbranched alkanes of at least 4 members (excludes halogenated alkanes) is 5. The van der Waals surface area contributed by atoms with Crippen molar-refractivity contribution in [3.05, 3.63) is 48.6 Å². The lowest BCUT2D eigenvalue weighted by Crippen LogP contribution is -2.25. The zero-order valence-electron chi connectivity index (χ0n) is 15.9. The highest BCUT2D eigenvalue weighted by molar-refractivity contribution is 5.76. The number of hydrogen-bond donors (Lipinski definition) is 1. The second-order valence-corrected chi connectivity index (χ2v) is 6.07. The fourth-order valence-corrected chi connectivity index (χ4v) is 2.22. The van der Waals surface area contributed by atoms with Gasteiger partial charge in [-0.15, -0.1) is 0 Å². The van der Waals surface area contributed by atoms with Crippen LogP contribution in [0.5, 0.6) is 0 Å². The maximum Gasteiger partial charge on any atom is 0.251 e. The molecule has 0 aromatic rings. The third-order valence-corrected chi connectivity index (χ3v) is 3.70. The number of hydrogen-bond acceptors (Lipinski definition) is 1. The van der Waals surface area contributed by atoms with E-state index < -0.39 is 12.6 Å². The van der Waals surface area contributed by atoms with Crippen LogP contribution >= 0.6 is 0 Å². The summed E-state index contributed by atoms with van der Waals surface area (Å²) in [4.78, 5) is 10.7. The Hall–Kier alpha value is -1.64. The third-order valence-electron chi connectivity index (χ3n) is 3.70. The van der Waals surface area contributed by atoms with Crippen molar-refractivity contribution in [2.75, 3.05) is 13.2 Å². The van der Waals surface area contributed by atoms with Gasteiger partial charge >= 0.3 is 0 Å². The van der Waals surface area contributed by atoms with E-state index in [0.717, 1.165) is 38.5 Å². The largest absolute Gasteiger partial charge is 0.354 e. The van der Waals surface area contributed by atoms with Crippen molar-refractivity contribution in [2.24, 2.45) is 0 Å². The molecule has 3 heteroatoms. The van der Waals surface area contributed by atoms with Gasteiger partial charge < -0.3 is 5.32 Å². The van der Waals surface area contributed by atoms with E-state index in [0.29, 0.717) is 6.54 Å². The minimum Gasteiger partial charge on any atom is -0.354 e. The van der Waals surface area contributed by atoms with Crippen molar-refractivity contribution in [3.8, 4) is 0 Å². The minimum absolute atomic E-state index is 0.516. The number of alkyl halides is 1. The molecule has 0 aliphatic carbocycles. The van der Waals surface area contributed by atoms with Gasteiger partial charge in [0.25, 0.3) is 5.91 Å². The van der Waals surface area contributed by atoms with Gasteiger partial charge in [-0.2, -0.15) is 0 Å². The summed E-state index contributed by atoms with van der Waals surface area (Å²) in [5.41, 5.74) is 0. The summed E-state index contributed by atoms with van der Waals surface area (Å²) >= 11 is 0. The van der Waals surface area contributed by atoms with Crippen LogP contribution in [0.25, 0.3) is 0 Å². The normalized spacial score (nSPS) is 12.2. The van der Waals surface area contributed by atoms with E-state index in [1.54, 1.807) is 0 Å². The van der Waals surface area contributed by atoms with Crippen molar-refractivity contribution < 1.29 is 9.18 Å². The molecule has 1 N–H and O–H groups in total. The molecule has 0 heterocycles. The van der Waals surface area contributed by atoms with Gasteiger partial charge in [0.15, 0.2) is 6.67 Å². The first-order valence-electron chi connectivity index (χ1n) is 9.73. The number of carbonyl (C=O) groups excluding carboxylic acids is 1. The molecule has 0 saturated heterocycles. The first-order chi connectivity index (χ1) is 12.3. The Bertz CT molecular complexity index is 410. The standard InChI is InChI=1S/C22H36FNO/c1-2-3-4-5-6-7-8-9-10-11-12-13-14-15-16-17-18-19-20-24-22(25)21-23/h6-7,9-10,12-13,15-16H,2-5,8,11,14,17-21H2,1H3,(H,24,25). The number of halogens is 1. The molecule has 0 spiro atoms. The van der Waals surface area contributed by atoms with E-state index >= 15 is 0 Å². The molecule has 142 valence electrons. The molecule has 0 fully saturated rings. The fraction of sp³-hybridized carbons (Fsp3) is 0.591. The molecule has 0 saturated carbocycles. The predicted molar refractivity (Wildman–Crippen MR) is 107 cm³/mol. The van der Waals surface area contributed by atoms with E-state index in [9.17, 15) is 9.18 Å². The van der Waals surface area contributed by atoms with Gasteiger partial charge in [0, 0.05) is 6.54 Å². The molecule has 0 aromatic heterocycles. The molecule has 0 radical (unpaired) electrons. The first-order valence-corrected chi connectivity index (χ1v) is 9.73. The third kappa shape index (κ3) is 20.3. The predicted octanol–water partition coefficient (Wildman–Crippen LogP) is 6.22. The molecule has 25 heavy (non-hydrogen) atoms. The summed E-state index contributed by atoms with van der Waals surface area (Å²) in [6, 6.07) is 0. The van der Waals surface area contributed by atoms with Crippen molar-refractivity contribution in [2.45, 2.75) is 71.1 Å². The molecule has 1 amide bonds. The molecular formula is C22H36FNO. The highest BCUT2D eigenvalue weighted by atomic mass is 19.1. The Labute approximate surface area is 154 Å². The van der Waals surface area contributed by atoms with Gasteiger partial charge in [-0.3, -0.25) is 4.79 Å². The Morgan fingerprint density at radius 3 is 1.72 bits per heavy atom. The Kier molecular flexibility index (Phi) is 19.1. The van der Waals surface area contributed by atoms with Crippen LogP contribution < -0.4 is 5.32 Å². The minimum atomic E-state index is -0.919. The van der Waals surface area contributed by atoms with Crippen molar-refractivity contribution in [1.29, 1.82) is 0 Å². The summed E-state index contributed by atoms with van der Waals surface area (Å²) in [6.45, 7) is 1.88. The lowest BCUT2D eigenvalue weighted by Gasteiger charge is -2.00. The number of rotatable bonds is 16. The van der Waals surface area contributed by atoms with Gasteiger partial charge in [0.1, 0.15) is 0 Å². The molecule has 0 aliphatic heterocycles. The number of nitrogens with one attached hydrogen (secondary N) is 1. The molecule has 0 unspecified atom stereocenters. The van der Waals surface area contributed by atoms with Crippen molar-refractivity contribution in [3.63, 3.8) is 0 Å². The molecular weight excluding hydrogens is 313 g/mol. The summed E-state index contributed by atoms with van der Waals surface area (Å²) in [5, 5.41) is 2.53. The average Bonchev–Trinajstić information content (AvgIpc) is 2.63. The van der Waals surface area contributed by atoms with E-state index in [1.807, 2.05) is 0 Å². The molecule has 0 bridgehead atoms. The molecule has 0 atom stereocenters. The maximum atomic E-state index is 11.9. The van der Waals surface area contributed by atoms with E-state index in [2.05, 4.69) is 60.8 Å². The van der Waals surface area contributed by atoms with Gasteiger partial charge in [-0.25, -0.2) is 4.39 Å². The number of carbonyl (C=O) groups is 1. The van der Waals surface area contributed by atoms with Crippen LogP contribution in [0.1, 0.15) is 71.1 Å². The van der Waals surface area contributed by atoms with Gasteiger partial charge in [0.05, 0.1) is 0 Å². The van der Waals surface area contributed by atoms with Crippen LogP contribution in [0.3, 0.4) is 0 Å². The summed E-state index contributed by atoms with van der Waals surface area (Å²) < 4.78 is 11.9. The van der Waals surface area contributed by atoms with Gasteiger partial charge in [0.2, 0.25) is 0 Å². The second-order valence-electron chi connectivity index (χ2n) is 6.07. The molecule has 0 aliphatic rings. The Morgan fingerprint density at radius 2 is 1.24 bits per heavy atom. The zero-order chi connectivity index (χ0) is 18.4. The SMILES string of the molecule is CCCCCC=CCC=CCC=CCC=CCCCCNC(=O)CF. The lowest BCUT2D eigenvalue weighted by molar-refractivity contribution is -0.121. The average molecular weight is 350 g/mol. The van der Waals surface area contributed by atoms with Crippen LogP contribution in [-0.2, 0) is 4.79 Å². The fourth-order valence-electron chi connectivity index (χ4n) is 2.22. The Morgan fingerprint density at radius 1 is 0.760 bits per heavy atom. The van der Waals surface area contributed by atoms with E-state index in [4.69, 9.17) is 0 Å². The molecule has 0 aromatic carbocycles. The zero-order valence-corrected chi connectivity index (χ0v) is 15.9.